The van der Waals surface area contributed by atoms with Crippen LogP contribution in [0, 0.1) is 17.2 Å². The molecule has 0 radical (unpaired) electrons. The van der Waals surface area contributed by atoms with Gasteiger partial charge in [0.1, 0.15) is 0 Å². The van der Waals surface area contributed by atoms with E-state index in [0.717, 1.165) is 5.75 Å². The number of rotatable bonds is 4. The Balaban J connectivity index is 2.70. The minimum absolute atomic E-state index is 0.330. The quantitative estimate of drug-likeness (QED) is 0.793. The molecule has 3 nitrogen and oxygen atoms in total. The Bertz CT molecular complexity index is 393. The summed E-state index contributed by atoms with van der Waals surface area (Å²) in [6, 6.07) is 1.65. The molecular weight excluding hydrogens is 275 g/mol. The zero-order chi connectivity index (χ0) is 13.1. The maximum Gasteiger partial charge on any atom is 0.390 e. The lowest BCUT2D eigenvalue weighted by atomic mass is 10.1. The SMILES string of the molecule is N#CC(C1CCSC1)S(=O)(=O)CCC(F)(F)F. The molecule has 0 saturated carbocycles. The molecule has 1 rings (SSSR count). The van der Waals surface area contributed by atoms with Crippen molar-refractivity contribution in [3.8, 4) is 6.07 Å². The van der Waals surface area contributed by atoms with E-state index in [1.807, 2.05) is 0 Å². The number of thioether (sulfide) groups is 1. The average Bonchev–Trinajstić information content (AvgIpc) is 2.68. The summed E-state index contributed by atoms with van der Waals surface area (Å²) in [5, 5.41) is 7.54. The van der Waals surface area contributed by atoms with E-state index in [2.05, 4.69) is 0 Å². The van der Waals surface area contributed by atoms with Crippen LogP contribution in [0.4, 0.5) is 13.2 Å². The lowest BCUT2D eigenvalue weighted by Gasteiger charge is -2.16. The summed E-state index contributed by atoms with van der Waals surface area (Å²) < 4.78 is 59.3. The molecule has 98 valence electrons. The summed E-state index contributed by atoms with van der Waals surface area (Å²) in [7, 11) is -3.98. The van der Waals surface area contributed by atoms with E-state index in [1.54, 1.807) is 6.07 Å². The Kier molecular flexibility index (Phi) is 4.72. The molecule has 0 aromatic heterocycles. The first kappa shape index (κ1) is 14.6. The highest BCUT2D eigenvalue weighted by Gasteiger charge is 2.38. The zero-order valence-electron chi connectivity index (χ0n) is 8.90. The smallest absolute Gasteiger partial charge is 0.227 e. The van der Waals surface area contributed by atoms with Crippen molar-refractivity contribution in [2.45, 2.75) is 24.3 Å². The van der Waals surface area contributed by atoms with E-state index < -0.39 is 33.4 Å². The maximum atomic E-state index is 12.0. The van der Waals surface area contributed by atoms with Crippen LogP contribution in [0.1, 0.15) is 12.8 Å². The predicted octanol–water partition coefficient (Wildman–Crippen LogP) is 2.00. The van der Waals surface area contributed by atoms with Gasteiger partial charge in [-0.2, -0.15) is 30.2 Å². The summed E-state index contributed by atoms with van der Waals surface area (Å²) >= 11 is 1.53. The van der Waals surface area contributed by atoms with Crippen LogP contribution in [0.15, 0.2) is 0 Å². The molecular formula is C9H12F3NO2S2. The first-order valence-electron chi connectivity index (χ1n) is 5.02. The second kappa shape index (κ2) is 5.48. The molecule has 17 heavy (non-hydrogen) atoms. The number of halogens is 3. The molecule has 0 N–H and O–H groups in total. The van der Waals surface area contributed by atoms with Crippen LogP contribution in [0.2, 0.25) is 0 Å². The van der Waals surface area contributed by atoms with Crippen molar-refractivity contribution in [3.05, 3.63) is 0 Å². The fourth-order valence-electron chi connectivity index (χ4n) is 1.66. The van der Waals surface area contributed by atoms with Crippen LogP contribution in [-0.2, 0) is 9.84 Å². The first-order valence-corrected chi connectivity index (χ1v) is 7.89. The molecule has 0 aromatic rings. The third kappa shape index (κ3) is 4.39. The topological polar surface area (TPSA) is 57.9 Å². The lowest BCUT2D eigenvalue weighted by molar-refractivity contribution is -0.129. The van der Waals surface area contributed by atoms with E-state index in [9.17, 15) is 21.6 Å². The van der Waals surface area contributed by atoms with Gasteiger partial charge in [-0.3, -0.25) is 0 Å². The molecule has 0 amide bonds. The molecule has 2 atom stereocenters. The molecule has 0 aliphatic carbocycles. The highest BCUT2D eigenvalue weighted by molar-refractivity contribution is 7.99. The van der Waals surface area contributed by atoms with Crippen molar-refractivity contribution >= 4 is 21.6 Å². The van der Waals surface area contributed by atoms with E-state index >= 15 is 0 Å². The number of hydrogen-bond acceptors (Lipinski definition) is 4. The van der Waals surface area contributed by atoms with Gasteiger partial charge in [-0.1, -0.05) is 0 Å². The van der Waals surface area contributed by atoms with Gasteiger partial charge in [0.05, 0.1) is 18.2 Å². The number of hydrogen-bond donors (Lipinski definition) is 0. The molecule has 8 heteroatoms. The molecule has 1 heterocycles. The summed E-state index contributed by atoms with van der Waals surface area (Å²) in [5.41, 5.74) is 0. The standard InChI is InChI=1S/C9H12F3NO2S2/c10-9(11,12)2-4-17(14,15)8(5-13)7-1-3-16-6-7/h7-8H,1-4,6H2. The summed E-state index contributed by atoms with van der Waals surface area (Å²) in [6.07, 6.45) is -5.31. The van der Waals surface area contributed by atoms with Crippen LogP contribution >= 0.6 is 11.8 Å². The monoisotopic (exact) mass is 287 g/mol. The minimum Gasteiger partial charge on any atom is -0.227 e. The summed E-state index contributed by atoms with van der Waals surface area (Å²) in [5.74, 6) is -0.0278. The van der Waals surface area contributed by atoms with Crippen molar-refractivity contribution < 1.29 is 21.6 Å². The van der Waals surface area contributed by atoms with E-state index in [1.165, 1.54) is 11.8 Å². The van der Waals surface area contributed by atoms with Crippen LogP contribution in [-0.4, -0.2) is 37.1 Å². The Morgan fingerprint density at radius 2 is 2.12 bits per heavy atom. The molecule has 0 aromatic carbocycles. The first-order chi connectivity index (χ1) is 7.76. The fraction of sp³-hybridized carbons (Fsp3) is 0.889. The van der Waals surface area contributed by atoms with Crippen molar-refractivity contribution in [1.82, 2.24) is 0 Å². The van der Waals surface area contributed by atoms with Crippen LogP contribution in [0.3, 0.4) is 0 Å². The highest BCUT2D eigenvalue weighted by atomic mass is 32.2. The van der Waals surface area contributed by atoms with Gasteiger partial charge in [-0.15, -0.1) is 0 Å². The third-order valence-corrected chi connectivity index (χ3v) is 5.80. The van der Waals surface area contributed by atoms with Gasteiger partial charge >= 0.3 is 6.18 Å². The Morgan fingerprint density at radius 1 is 1.47 bits per heavy atom. The molecule has 1 aliphatic rings. The molecule has 1 aliphatic heterocycles. The van der Waals surface area contributed by atoms with Gasteiger partial charge < -0.3 is 0 Å². The second-order valence-electron chi connectivity index (χ2n) is 3.91. The predicted molar refractivity (Wildman–Crippen MR) is 59.3 cm³/mol. The Labute approximate surface area is 102 Å². The van der Waals surface area contributed by atoms with Crippen LogP contribution < -0.4 is 0 Å². The van der Waals surface area contributed by atoms with Crippen molar-refractivity contribution in [2.24, 2.45) is 5.92 Å². The molecule has 0 spiro atoms. The van der Waals surface area contributed by atoms with Crippen molar-refractivity contribution in [3.63, 3.8) is 0 Å². The van der Waals surface area contributed by atoms with Crippen LogP contribution in [0.25, 0.3) is 0 Å². The fourth-order valence-corrected chi connectivity index (χ4v) is 4.82. The third-order valence-electron chi connectivity index (χ3n) is 2.58. The lowest BCUT2D eigenvalue weighted by Crippen LogP contribution is -2.32. The van der Waals surface area contributed by atoms with Gasteiger partial charge in [-0.05, 0) is 23.8 Å². The van der Waals surface area contributed by atoms with Gasteiger partial charge in [0.15, 0.2) is 15.1 Å². The largest absolute Gasteiger partial charge is 0.390 e. The highest BCUT2D eigenvalue weighted by Crippen LogP contribution is 2.31. The van der Waals surface area contributed by atoms with E-state index in [0.29, 0.717) is 12.2 Å². The van der Waals surface area contributed by atoms with Crippen molar-refractivity contribution in [2.75, 3.05) is 17.3 Å². The Morgan fingerprint density at radius 3 is 2.53 bits per heavy atom. The molecule has 1 saturated heterocycles. The summed E-state index contributed by atoms with van der Waals surface area (Å²) in [4.78, 5) is 0. The second-order valence-corrected chi connectivity index (χ2v) is 7.30. The molecule has 2 unspecified atom stereocenters. The minimum atomic E-state index is -4.50. The number of nitriles is 1. The number of sulfone groups is 1. The Hall–Kier alpha value is -0.420. The normalized spacial score (nSPS) is 23.3. The van der Waals surface area contributed by atoms with Crippen molar-refractivity contribution in [1.29, 1.82) is 5.26 Å². The number of alkyl halides is 3. The summed E-state index contributed by atoms with van der Waals surface area (Å²) in [6.45, 7) is 0. The average molecular weight is 287 g/mol. The zero-order valence-corrected chi connectivity index (χ0v) is 10.5. The molecule has 1 fully saturated rings. The van der Waals surface area contributed by atoms with Gasteiger partial charge in [0.2, 0.25) is 0 Å². The number of nitrogens with zero attached hydrogens (tertiary/aromatic N) is 1. The van der Waals surface area contributed by atoms with E-state index in [4.69, 9.17) is 5.26 Å². The molecule has 0 bridgehead atoms. The van der Waals surface area contributed by atoms with Gasteiger partial charge in [0, 0.05) is 0 Å². The van der Waals surface area contributed by atoms with Gasteiger partial charge in [0.25, 0.3) is 0 Å². The van der Waals surface area contributed by atoms with Gasteiger partial charge in [-0.25, -0.2) is 8.42 Å². The maximum absolute atomic E-state index is 12.0. The van der Waals surface area contributed by atoms with Crippen LogP contribution in [0.5, 0.6) is 0 Å². The van der Waals surface area contributed by atoms with E-state index in [-0.39, 0.29) is 5.92 Å².